The van der Waals surface area contributed by atoms with E-state index in [1.54, 1.807) is 18.2 Å². The lowest BCUT2D eigenvalue weighted by Crippen LogP contribution is -2.55. The third kappa shape index (κ3) is 5.74. The van der Waals surface area contributed by atoms with E-state index in [0.717, 1.165) is 24.3 Å². The van der Waals surface area contributed by atoms with Crippen molar-refractivity contribution in [1.29, 1.82) is 5.26 Å². The molecule has 0 saturated carbocycles. The highest BCUT2D eigenvalue weighted by molar-refractivity contribution is 6.36. The number of hydrogen-bond donors (Lipinski definition) is 1. The van der Waals surface area contributed by atoms with Crippen LogP contribution < -0.4 is 15.2 Å². The molecule has 1 amide bonds. The van der Waals surface area contributed by atoms with E-state index in [1.807, 2.05) is 13.1 Å². The fourth-order valence-electron chi connectivity index (χ4n) is 6.13. The maximum atomic E-state index is 14.8. The summed E-state index contributed by atoms with van der Waals surface area (Å²) in [5.74, 6) is -1.64. The van der Waals surface area contributed by atoms with Crippen LogP contribution in [-0.4, -0.2) is 92.4 Å². The molecule has 2 saturated heterocycles. The molecule has 2 aliphatic rings. The van der Waals surface area contributed by atoms with Gasteiger partial charge in [-0.3, -0.25) is 9.36 Å². The lowest BCUT2D eigenvalue weighted by Gasteiger charge is -2.39. The highest BCUT2D eigenvalue weighted by atomic mass is 35.5. The largest absolute Gasteiger partial charge is 0.465 e. The standard InChI is InChI=1S/C30H28ClF3N8O4/c1-39-12-4-7-19(39)16-46-28-37-24-23(25(38-28)40-13-14-41(29(44)45)18(15-40)10-11-35)36-27(30(32,33)34)42(26(24)43)21-9-3-6-17-5-2-8-20(31)22(17)21/h2-3,5-6,8-9,18-19H,4,7,10,12-16H2,1H3,(H,44,45). The number of piperazine rings is 1. The van der Waals surface area contributed by atoms with Gasteiger partial charge in [0.15, 0.2) is 11.3 Å². The van der Waals surface area contributed by atoms with Crippen LogP contribution in [-0.2, 0) is 6.18 Å². The summed E-state index contributed by atoms with van der Waals surface area (Å²) in [6, 6.07) is 10.3. The summed E-state index contributed by atoms with van der Waals surface area (Å²) in [6.07, 6.45) is -4.67. The van der Waals surface area contributed by atoms with E-state index in [2.05, 4.69) is 19.9 Å². The summed E-state index contributed by atoms with van der Waals surface area (Å²) in [6.45, 7) is 0.910. The van der Waals surface area contributed by atoms with Gasteiger partial charge in [0.1, 0.15) is 12.1 Å². The van der Waals surface area contributed by atoms with Crippen molar-refractivity contribution in [2.45, 2.75) is 37.5 Å². The minimum atomic E-state index is -5.10. The number of aromatic nitrogens is 4. The lowest BCUT2D eigenvalue weighted by molar-refractivity contribution is -0.146. The first-order valence-electron chi connectivity index (χ1n) is 14.5. The second-order valence-corrected chi connectivity index (χ2v) is 11.6. The minimum absolute atomic E-state index is 0.0101. The zero-order valence-corrected chi connectivity index (χ0v) is 25.3. The van der Waals surface area contributed by atoms with Gasteiger partial charge < -0.3 is 24.5 Å². The maximum Gasteiger partial charge on any atom is 0.450 e. The molecule has 2 unspecified atom stereocenters. The number of amides is 1. The van der Waals surface area contributed by atoms with E-state index in [9.17, 15) is 33.1 Å². The Hall–Kier alpha value is -4.68. The summed E-state index contributed by atoms with van der Waals surface area (Å²) in [5.41, 5.74) is -2.10. The molecule has 16 heteroatoms. The van der Waals surface area contributed by atoms with E-state index < -0.39 is 40.7 Å². The van der Waals surface area contributed by atoms with Gasteiger partial charge in [0.2, 0.25) is 5.82 Å². The molecule has 46 heavy (non-hydrogen) atoms. The van der Waals surface area contributed by atoms with Crippen LogP contribution in [0.4, 0.5) is 23.8 Å². The van der Waals surface area contributed by atoms with Gasteiger partial charge in [-0.1, -0.05) is 35.9 Å². The van der Waals surface area contributed by atoms with Crippen molar-refractivity contribution < 1.29 is 27.8 Å². The van der Waals surface area contributed by atoms with E-state index in [0.29, 0.717) is 9.95 Å². The van der Waals surface area contributed by atoms with Crippen LogP contribution in [0.3, 0.4) is 0 Å². The van der Waals surface area contributed by atoms with Crippen molar-refractivity contribution >= 4 is 45.3 Å². The van der Waals surface area contributed by atoms with Gasteiger partial charge in [-0.05, 0) is 44.0 Å². The molecule has 2 atom stereocenters. The monoisotopic (exact) mass is 656 g/mol. The van der Waals surface area contributed by atoms with Crippen molar-refractivity contribution in [2.75, 3.05) is 44.7 Å². The Morgan fingerprint density at radius 2 is 1.87 bits per heavy atom. The summed E-state index contributed by atoms with van der Waals surface area (Å²) in [7, 11) is 1.95. The molecule has 4 aromatic rings. The highest BCUT2D eigenvalue weighted by Gasteiger charge is 2.40. The number of nitrogens with zero attached hydrogens (tertiary/aromatic N) is 8. The van der Waals surface area contributed by atoms with E-state index in [1.165, 1.54) is 23.1 Å². The molecule has 0 radical (unpaired) electrons. The fourth-order valence-corrected chi connectivity index (χ4v) is 6.41. The van der Waals surface area contributed by atoms with Crippen LogP contribution in [0.25, 0.3) is 27.5 Å². The average Bonchev–Trinajstić information content (AvgIpc) is 3.43. The predicted molar refractivity (Wildman–Crippen MR) is 163 cm³/mol. The quantitative estimate of drug-likeness (QED) is 0.314. The van der Waals surface area contributed by atoms with Gasteiger partial charge >= 0.3 is 18.3 Å². The Kier molecular flexibility index (Phi) is 8.34. The molecule has 4 heterocycles. The van der Waals surface area contributed by atoms with Crippen molar-refractivity contribution in [3.63, 3.8) is 0 Å². The molecule has 2 fully saturated rings. The molecule has 6 rings (SSSR count). The zero-order chi connectivity index (χ0) is 32.7. The number of ether oxygens (including phenoxy) is 1. The van der Waals surface area contributed by atoms with Crippen molar-refractivity contribution in [2.24, 2.45) is 0 Å². The number of nitriles is 1. The Morgan fingerprint density at radius 1 is 1.11 bits per heavy atom. The van der Waals surface area contributed by atoms with Crippen LogP contribution >= 0.6 is 11.6 Å². The fraction of sp³-hybridized carbons (Fsp3) is 0.400. The normalized spacial score (nSPS) is 19.1. The van der Waals surface area contributed by atoms with Gasteiger partial charge in [0.25, 0.3) is 5.56 Å². The van der Waals surface area contributed by atoms with Gasteiger partial charge in [-0.2, -0.15) is 28.4 Å². The van der Waals surface area contributed by atoms with E-state index in [4.69, 9.17) is 16.3 Å². The van der Waals surface area contributed by atoms with Gasteiger partial charge in [-0.25, -0.2) is 9.78 Å². The minimum Gasteiger partial charge on any atom is -0.465 e. The SMILES string of the molecule is CN1CCCC1COc1nc(N2CCN(C(=O)O)C(CC#N)C2)c2nc(C(F)(F)F)n(-c3cccc4cccc(Cl)c34)c(=O)c2n1. The Balaban J connectivity index is 1.58. The molecule has 0 bridgehead atoms. The number of likely N-dealkylation sites (N-methyl/N-ethyl adjacent to an activating group) is 1. The smallest absolute Gasteiger partial charge is 0.450 e. The summed E-state index contributed by atoms with van der Waals surface area (Å²) in [4.78, 5) is 43.5. The Labute approximate surface area is 265 Å². The number of anilines is 1. The number of benzene rings is 2. The van der Waals surface area contributed by atoms with Crippen LogP contribution in [0.1, 0.15) is 25.1 Å². The number of hydrogen-bond acceptors (Lipinski definition) is 9. The first-order chi connectivity index (χ1) is 22.0. The van der Waals surface area contributed by atoms with Gasteiger partial charge in [0.05, 0.1) is 29.2 Å². The molecule has 2 aliphatic heterocycles. The second-order valence-electron chi connectivity index (χ2n) is 11.2. The van der Waals surface area contributed by atoms with Crippen molar-refractivity contribution in [3.05, 3.63) is 57.6 Å². The van der Waals surface area contributed by atoms with Gasteiger partial charge in [0, 0.05) is 31.1 Å². The van der Waals surface area contributed by atoms with Crippen LogP contribution in [0, 0.1) is 11.3 Å². The molecular formula is C30H28ClF3N8O4. The zero-order valence-electron chi connectivity index (χ0n) is 24.5. The van der Waals surface area contributed by atoms with Crippen molar-refractivity contribution in [1.82, 2.24) is 29.3 Å². The van der Waals surface area contributed by atoms with E-state index in [-0.39, 0.29) is 66.6 Å². The highest BCUT2D eigenvalue weighted by Crippen LogP contribution is 2.36. The molecule has 12 nitrogen and oxygen atoms in total. The third-order valence-corrected chi connectivity index (χ3v) is 8.75. The topological polar surface area (TPSA) is 141 Å². The second kappa shape index (κ2) is 12.3. The molecule has 2 aromatic carbocycles. The predicted octanol–water partition coefficient (Wildman–Crippen LogP) is 4.56. The van der Waals surface area contributed by atoms with Crippen molar-refractivity contribution in [3.8, 4) is 17.8 Å². The molecule has 0 spiro atoms. The molecule has 2 aromatic heterocycles. The molecule has 1 N–H and O–H groups in total. The van der Waals surface area contributed by atoms with Crippen LogP contribution in [0.2, 0.25) is 5.02 Å². The summed E-state index contributed by atoms with van der Waals surface area (Å²) < 4.78 is 50.8. The number of rotatable bonds is 6. The number of fused-ring (bicyclic) bond motifs is 2. The number of alkyl halides is 3. The summed E-state index contributed by atoms with van der Waals surface area (Å²) in [5, 5.41) is 19.9. The molecular weight excluding hydrogens is 629 g/mol. The average molecular weight is 657 g/mol. The lowest BCUT2D eigenvalue weighted by atomic mass is 10.1. The molecule has 240 valence electrons. The first kappa shape index (κ1) is 31.3. The first-order valence-corrected chi connectivity index (χ1v) is 14.9. The Bertz CT molecular complexity index is 1930. The molecule has 0 aliphatic carbocycles. The van der Waals surface area contributed by atoms with E-state index >= 15 is 0 Å². The maximum absolute atomic E-state index is 14.8. The van der Waals surface area contributed by atoms with Crippen LogP contribution in [0.15, 0.2) is 41.2 Å². The Morgan fingerprint density at radius 3 is 2.54 bits per heavy atom. The summed E-state index contributed by atoms with van der Waals surface area (Å²) >= 11 is 6.45. The number of carboxylic acid groups (broad SMARTS) is 1. The number of likely N-dealkylation sites (tertiary alicyclic amines) is 1. The third-order valence-electron chi connectivity index (χ3n) is 8.44. The number of halogens is 4. The number of carbonyl (C=O) groups is 1. The van der Waals surface area contributed by atoms with Crippen LogP contribution in [0.5, 0.6) is 6.01 Å². The van der Waals surface area contributed by atoms with Gasteiger partial charge in [-0.15, -0.1) is 0 Å².